The van der Waals surface area contributed by atoms with Crippen LogP contribution in [0.3, 0.4) is 0 Å². The Labute approximate surface area is 406 Å². The zero-order valence-corrected chi connectivity index (χ0v) is 38.9. The lowest BCUT2D eigenvalue weighted by Crippen LogP contribution is -2.14. The molecular weight excluding hydrogens is 849 g/mol. The molecular formula is C67H46N2O. The molecule has 2 aromatic heterocycles. The molecule has 3 nitrogen and oxygen atoms in total. The second-order valence-electron chi connectivity index (χ2n) is 19.2. The summed E-state index contributed by atoms with van der Waals surface area (Å²) >= 11 is 0. The van der Waals surface area contributed by atoms with Gasteiger partial charge in [0.15, 0.2) is 0 Å². The maximum absolute atomic E-state index is 7.07. The summed E-state index contributed by atoms with van der Waals surface area (Å²) in [5.74, 6) is 0. The van der Waals surface area contributed by atoms with Gasteiger partial charge >= 0.3 is 0 Å². The van der Waals surface area contributed by atoms with E-state index in [1.807, 2.05) is 0 Å². The van der Waals surface area contributed by atoms with Crippen LogP contribution in [0.5, 0.6) is 0 Å². The monoisotopic (exact) mass is 894 g/mol. The average Bonchev–Trinajstić information content (AvgIpc) is 4.05. The van der Waals surface area contributed by atoms with E-state index in [2.05, 4.69) is 266 Å². The minimum Gasteiger partial charge on any atom is -0.455 e. The molecule has 0 bridgehead atoms. The molecule has 0 saturated heterocycles. The lowest BCUT2D eigenvalue weighted by molar-refractivity contribution is 0.660. The zero-order valence-electron chi connectivity index (χ0n) is 38.9. The van der Waals surface area contributed by atoms with E-state index in [1.54, 1.807) is 0 Å². The predicted molar refractivity (Wildman–Crippen MR) is 294 cm³/mol. The maximum Gasteiger partial charge on any atom is 0.145 e. The Balaban J connectivity index is 0.978. The SMILES string of the molecule is CC1(C)c2ccccc2-c2cc(-c3ccccc3N(c3ccc(-c4ccc5ccccc5c4)cc3)c3ccc(-c4cccc(-n5c6ccccc6c6ccccc65)c4)c4oc5ccccc5c34)ccc21. The number of hydrogen-bond acceptors (Lipinski definition) is 2. The summed E-state index contributed by atoms with van der Waals surface area (Å²) in [6, 6.07) is 88.6. The number of para-hydroxylation sites is 4. The molecule has 13 aromatic rings. The van der Waals surface area contributed by atoms with Crippen LogP contribution >= 0.6 is 0 Å². The van der Waals surface area contributed by atoms with Crippen molar-refractivity contribution in [2.75, 3.05) is 4.90 Å². The van der Waals surface area contributed by atoms with Crippen LogP contribution in [0.1, 0.15) is 25.0 Å². The summed E-state index contributed by atoms with van der Waals surface area (Å²) in [4.78, 5) is 2.45. The van der Waals surface area contributed by atoms with Gasteiger partial charge in [-0.25, -0.2) is 0 Å². The van der Waals surface area contributed by atoms with Gasteiger partial charge < -0.3 is 13.9 Å². The van der Waals surface area contributed by atoms with Crippen LogP contribution in [0.25, 0.3) is 105 Å². The number of nitrogens with zero attached hydrogens (tertiary/aromatic N) is 2. The molecule has 0 aliphatic heterocycles. The average molecular weight is 895 g/mol. The van der Waals surface area contributed by atoms with Gasteiger partial charge in [0.1, 0.15) is 11.2 Å². The van der Waals surface area contributed by atoms with E-state index in [4.69, 9.17) is 4.42 Å². The fourth-order valence-corrected chi connectivity index (χ4v) is 11.6. The Morgan fingerprint density at radius 3 is 1.83 bits per heavy atom. The smallest absolute Gasteiger partial charge is 0.145 e. The third-order valence-corrected chi connectivity index (χ3v) is 15.0. The Bertz CT molecular complexity index is 4170. The lowest BCUT2D eigenvalue weighted by atomic mass is 9.82. The summed E-state index contributed by atoms with van der Waals surface area (Å²) in [7, 11) is 0. The molecule has 1 aliphatic rings. The van der Waals surface area contributed by atoms with E-state index in [1.165, 1.54) is 71.5 Å². The minimum atomic E-state index is -0.0819. The van der Waals surface area contributed by atoms with Gasteiger partial charge in [-0.2, -0.15) is 0 Å². The first-order valence-electron chi connectivity index (χ1n) is 24.2. The second kappa shape index (κ2) is 15.6. The summed E-state index contributed by atoms with van der Waals surface area (Å²) < 4.78 is 9.45. The van der Waals surface area contributed by atoms with E-state index in [0.717, 1.165) is 61.4 Å². The second-order valence-corrected chi connectivity index (χ2v) is 19.2. The van der Waals surface area contributed by atoms with Crippen LogP contribution in [0, 0.1) is 0 Å². The van der Waals surface area contributed by atoms with E-state index in [-0.39, 0.29) is 5.41 Å². The molecule has 0 atom stereocenters. The molecule has 0 radical (unpaired) electrons. The van der Waals surface area contributed by atoms with Gasteiger partial charge in [-0.15, -0.1) is 0 Å². The summed E-state index contributed by atoms with van der Waals surface area (Å²) in [6.45, 7) is 4.69. The van der Waals surface area contributed by atoms with E-state index >= 15 is 0 Å². The fraction of sp³-hybridized carbons (Fsp3) is 0.0448. The normalized spacial score (nSPS) is 12.8. The molecule has 70 heavy (non-hydrogen) atoms. The number of furan rings is 1. The standard InChI is InChI=1S/C67H46N2O/c1-67(2)58-25-10-5-21-53(58)57-42-48(34-38-59(57)67)51-20-6-11-26-60(51)68(49-35-32-44(33-36-49)46-31-30-43-16-3-4-17-45(43)40-46)63-39-37-52(66-65(63)56-24-9-14-29-64(56)70-66)47-18-15-19-50(41-47)69-61-27-12-7-22-54(61)55-23-8-13-28-62(55)69/h3-42H,1-2H3. The summed E-state index contributed by atoms with van der Waals surface area (Å²) in [6.07, 6.45) is 0. The van der Waals surface area contributed by atoms with E-state index < -0.39 is 0 Å². The largest absolute Gasteiger partial charge is 0.455 e. The molecule has 0 amide bonds. The Kier molecular flexibility index (Phi) is 8.93. The van der Waals surface area contributed by atoms with Crippen LogP contribution < -0.4 is 4.90 Å². The molecule has 0 fully saturated rings. The lowest BCUT2D eigenvalue weighted by Gasteiger charge is -2.29. The topological polar surface area (TPSA) is 21.3 Å². The van der Waals surface area contributed by atoms with E-state index in [9.17, 15) is 0 Å². The quantitative estimate of drug-likeness (QED) is 0.159. The van der Waals surface area contributed by atoms with Crippen molar-refractivity contribution in [3.05, 3.63) is 254 Å². The number of aromatic nitrogens is 1. The highest BCUT2D eigenvalue weighted by Gasteiger charge is 2.35. The van der Waals surface area contributed by atoms with Gasteiger partial charge in [0.2, 0.25) is 0 Å². The Morgan fingerprint density at radius 1 is 0.386 bits per heavy atom. The van der Waals surface area contributed by atoms with Crippen LogP contribution in [-0.2, 0) is 5.41 Å². The van der Waals surface area contributed by atoms with Gasteiger partial charge in [0, 0.05) is 44.1 Å². The Hall–Kier alpha value is -8.92. The third kappa shape index (κ3) is 6.15. The maximum atomic E-state index is 7.07. The first-order valence-corrected chi connectivity index (χ1v) is 24.2. The molecule has 0 spiro atoms. The third-order valence-electron chi connectivity index (χ3n) is 15.0. The number of fused-ring (bicyclic) bond motifs is 10. The molecule has 0 unspecified atom stereocenters. The van der Waals surface area contributed by atoms with Gasteiger partial charge in [0.25, 0.3) is 0 Å². The van der Waals surface area contributed by atoms with Crippen molar-refractivity contribution < 1.29 is 4.42 Å². The van der Waals surface area contributed by atoms with Crippen molar-refractivity contribution in [1.82, 2.24) is 4.57 Å². The number of hydrogen-bond donors (Lipinski definition) is 0. The van der Waals surface area contributed by atoms with Crippen molar-refractivity contribution in [1.29, 1.82) is 0 Å². The molecule has 0 saturated carbocycles. The highest BCUT2D eigenvalue weighted by Crippen LogP contribution is 2.52. The molecule has 3 heteroatoms. The van der Waals surface area contributed by atoms with Gasteiger partial charge in [-0.3, -0.25) is 0 Å². The summed E-state index contributed by atoms with van der Waals surface area (Å²) in [5, 5.41) is 7.09. The molecule has 1 aliphatic carbocycles. The van der Waals surface area contributed by atoms with Gasteiger partial charge in [0.05, 0.1) is 27.8 Å². The van der Waals surface area contributed by atoms with Crippen molar-refractivity contribution in [3.63, 3.8) is 0 Å². The van der Waals surface area contributed by atoms with Crippen molar-refractivity contribution in [2.45, 2.75) is 19.3 Å². The van der Waals surface area contributed by atoms with Crippen molar-refractivity contribution in [2.24, 2.45) is 0 Å². The number of anilines is 3. The van der Waals surface area contributed by atoms with Crippen LogP contribution in [0.2, 0.25) is 0 Å². The number of rotatable bonds is 7. The van der Waals surface area contributed by atoms with Crippen LogP contribution in [0.15, 0.2) is 247 Å². The fourth-order valence-electron chi connectivity index (χ4n) is 11.6. The number of benzene rings is 11. The molecule has 0 N–H and O–H groups in total. The van der Waals surface area contributed by atoms with Crippen LogP contribution in [-0.4, -0.2) is 4.57 Å². The zero-order chi connectivity index (χ0) is 46.5. The molecule has 11 aromatic carbocycles. The Morgan fingerprint density at radius 2 is 1.01 bits per heavy atom. The van der Waals surface area contributed by atoms with E-state index in [0.29, 0.717) is 0 Å². The first kappa shape index (κ1) is 40.2. The van der Waals surface area contributed by atoms with Crippen molar-refractivity contribution in [3.8, 4) is 50.2 Å². The highest BCUT2D eigenvalue weighted by molar-refractivity contribution is 6.18. The molecule has 330 valence electrons. The van der Waals surface area contributed by atoms with Crippen LogP contribution in [0.4, 0.5) is 17.1 Å². The molecule has 14 rings (SSSR count). The minimum absolute atomic E-state index is 0.0819. The molecule has 2 heterocycles. The van der Waals surface area contributed by atoms with Crippen molar-refractivity contribution >= 4 is 71.6 Å². The van der Waals surface area contributed by atoms with Gasteiger partial charge in [-0.1, -0.05) is 184 Å². The predicted octanol–water partition coefficient (Wildman–Crippen LogP) is 18.6. The van der Waals surface area contributed by atoms with Gasteiger partial charge in [-0.05, 0) is 128 Å². The highest BCUT2D eigenvalue weighted by atomic mass is 16.3. The first-order chi connectivity index (χ1) is 34.5. The summed E-state index contributed by atoms with van der Waals surface area (Å²) in [5.41, 5.74) is 20.4.